The first-order valence-corrected chi connectivity index (χ1v) is 11.6. The van der Waals surface area contributed by atoms with E-state index >= 15 is 0 Å². The molecule has 5 rings (SSSR count). The molecule has 0 spiro atoms. The van der Waals surface area contributed by atoms with Gasteiger partial charge >= 0.3 is 0 Å². The minimum absolute atomic E-state index is 0.0475. The normalized spacial score (nSPS) is 18.0. The summed E-state index contributed by atoms with van der Waals surface area (Å²) in [5, 5.41) is 10.8. The van der Waals surface area contributed by atoms with E-state index in [1.807, 2.05) is 40.6 Å². The average molecular weight is 444 g/mol. The lowest BCUT2D eigenvalue weighted by atomic mass is 10.0. The quantitative estimate of drug-likeness (QED) is 0.478. The van der Waals surface area contributed by atoms with Gasteiger partial charge in [0.15, 0.2) is 17.3 Å². The monoisotopic (exact) mass is 443 g/mol. The third kappa shape index (κ3) is 3.61. The van der Waals surface area contributed by atoms with Crippen molar-refractivity contribution in [3.05, 3.63) is 41.3 Å². The number of carbonyl (C=O) groups is 1. The molecular formula is C20H21N5O3S2. The molecule has 4 heterocycles. The maximum atomic E-state index is 13.0. The van der Waals surface area contributed by atoms with Gasteiger partial charge in [0, 0.05) is 6.54 Å². The Kier molecular flexibility index (Phi) is 5.26. The Balaban J connectivity index is 1.27. The second-order valence-corrected chi connectivity index (χ2v) is 8.98. The summed E-state index contributed by atoms with van der Waals surface area (Å²) in [6.07, 6.45) is 1.91. The summed E-state index contributed by atoms with van der Waals surface area (Å²) in [6, 6.07) is 9.90. The van der Waals surface area contributed by atoms with Crippen molar-refractivity contribution in [2.24, 2.45) is 0 Å². The van der Waals surface area contributed by atoms with Crippen molar-refractivity contribution in [3.63, 3.8) is 0 Å². The van der Waals surface area contributed by atoms with E-state index < -0.39 is 0 Å². The topological polar surface area (TPSA) is 95.5 Å². The second kappa shape index (κ2) is 8.19. The van der Waals surface area contributed by atoms with Gasteiger partial charge in [-0.2, -0.15) is 0 Å². The summed E-state index contributed by atoms with van der Waals surface area (Å²) in [7, 11) is 0. The maximum absolute atomic E-state index is 13.0. The predicted octanol–water partition coefficient (Wildman–Crippen LogP) is 2.95. The first-order chi connectivity index (χ1) is 14.7. The van der Waals surface area contributed by atoms with Gasteiger partial charge in [0.2, 0.25) is 11.1 Å². The van der Waals surface area contributed by atoms with E-state index in [0.717, 1.165) is 41.3 Å². The molecule has 0 aliphatic carbocycles. The molecule has 2 aliphatic heterocycles. The Hall–Kier alpha value is -2.72. The molecule has 30 heavy (non-hydrogen) atoms. The fourth-order valence-corrected chi connectivity index (χ4v) is 5.29. The van der Waals surface area contributed by atoms with Crippen molar-refractivity contribution in [2.45, 2.75) is 24.0 Å². The standard InChI is InChI=1S/C20H21N5O3S2/c21-25-19(17-4-2-10-29-17)22-23-20(25)30-12-18(26)24-7-1-3-14(24)13-5-6-15-16(11-13)28-9-8-27-15/h2,4-6,10-11,14H,1,3,7-9,12,21H2/t14-/m1/s1. The van der Waals surface area contributed by atoms with E-state index in [1.165, 1.54) is 16.4 Å². The number of nitrogens with two attached hydrogens (primary N) is 1. The number of hydrogen-bond donors (Lipinski definition) is 1. The van der Waals surface area contributed by atoms with Crippen LogP contribution in [0.1, 0.15) is 24.4 Å². The van der Waals surface area contributed by atoms with Gasteiger partial charge in [0.05, 0.1) is 16.7 Å². The van der Waals surface area contributed by atoms with Crippen LogP contribution in [0.2, 0.25) is 0 Å². The number of benzene rings is 1. The largest absolute Gasteiger partial charge is 0.486 e. The van der Waals surface area contributed by atoms with Crippen molar-refractivity contribution in [1.82, 2.24) is 19.8 Å². The molecule has 1 atom stereocenters. The first kappa shape index (κ1) is 19.3. The number of amides is 1. The van der Waals surface area contributed by atoms with Crippen molar-refractivity contribution in [1.29, 1.82) is 0 Å². The van der Waals surface area contributed by atoms with Crippen LogP contribution >= 0.6 is 23.1 Å². The fourth-order valence-electron chi connectivity index (χ4n) is 3.84. The zero-order valence-electron chi connectivity index (χ0n) is 16.2. The van der Waals surface area contributed by atoms with E-state index in [9.17, 15) is 4.79 Å². The predicted molar refractivity (Wildman–Crippen MR) is 115 cm³/mol. The summed E-state index contributed by atoms with van der Waals surface area (Å²) in [4.78, 5) is 15.9. The molecule has 1 amide bonds. The Bertz CT molecular complexity index is 1050. The number of thioether (sulfide) groups is 1. The average Bonchev–Trinajstić information content (AvgIpc) is 3.53. The number of likely N-dealkylation sites (tertiary alicyclic amines) is 1. The van der Waals surface area contributed by atoms with Gasteiger partial charge in [-0.3, -0.25) is 4.79 Å². The highest BCUT2D eigenvalue weighted by Crippen LogP contribution is 2.38. The van der Waals surface area contributed by atoms with Crippen molar-refractivity contribution < 1.29 is 14.3 Å². The summed E-state index contributed by atoms with van der Waals surface area (Å²) >= 11 is 2.86. The Morgan fingerprint density at radius 1 is 1.23 bits per heavy atom. The Morgan fingerprint density at radius 3 is 2.93 bits per heavy atom. The van der Waals surface area contributed by atoms with Crippen molar-refractivity contribution >= 4 is 29.0 Å². The van der Waals surface area contributed by atoms with Crippen LogP contribution in [0.5, 0.6) is 11.5 Å². The molecule has 0 bridgehead atoms. The van der Waals surface area contributed by atoms with E-state index in [1.54, 1.807) is 11.3 Å². The Morgan fingerprint density at radius 2 is 2.10 bits per heavy atom. The zero-order valence-corrected chi connectivity index (χ0v) is 17.8. The molecule has 10 heteroatoms. The number of fused-ring (bicyclic) bond motifs is 1. The van der Waals surface area contributed by atoms with Gasteiger partial charge in [-0.25, -0.2) is 4.68 Å². The number of hydrogen-bond acceptors (Lipinski definition) is 8. The van der Waals surface area contributed by atoms with E-state index in [4.69, 9.17) is 15.3 Å². The number of nitrogens with zero attached hydrogens (tertiary/aromatic N) is 4. The highest BCUT2D eigenvalue weighted by molar-refractivity contribution is 7.99. The smallest absolute Gasteiger partial charge is 0.233 e. The third-order valence-corrected chi connectivity index (χ3v) is 7.05. The number of ether oxygens (including phenoxy) is 2. The molecule has 1 aromatic carbocycles. The van der Waals surface area contributed by atoms with Gasteiger partial charge in [0.25, 0.3) is 0 Å². The molecule has 2 N–H and O–H groups in total. The molecule has 1 saturated heterocycles. The molecule has 8 nitrogen and oxygen atoms in total. The molecule has 1 fully saturated rings. The van der Waals surface area contributed by atoms with Crippen molar-refractivity contribution in [3.8, 4) is 22.2 Å². The number of aromatic nitrogens is 3. The molecule has 0 saturated carbocycles. The van der Waals surface area contributed by atoms with Gasteiger partial charge in [-0.1, -0.05) is 23.9 Å². The van der Waals surface area contributed by atoms with Gasteiger partial charge < -0.3 is 20.2 Å². The van der Waals surface area contributed by atoms with Crippen LogP contribution in [-0.4, -0.2) is 51.2 Å². The van der Waals surface area contributed by atoms with Gasteiger partial charge in [-0.15, -0.1) is 21.5 Å². The summed E-state index contributed by atoms with van der Waals surface area (Å²) in [6.45, 7) is 1.86. The summed E-state index contributed by atoms with van der Waals surface area (Å²) in [5.41, 5.74) is 1.08. The van der Waals surface area contributed by atoms with Gasteiger partial charge in [-0.05, 0) is 42.0 Å². The zero-order chi connectivity index (χ0) is 20.5. The molecule has 3 aromatic rings. The van der Waals surface area contributed by atoms with E-state index in [0.29, 0.717) is 24.2 Å². The highest BCUT2D eigenvalue weighted by atomic mass is 32.2. The molecule has 0 unspecified atom stereocenters. The molecule has 2 aromatic heterocycles. The van der Waals surface area contributed by atoms with Crippen LogP contribution in [0, 0.1) is 0 Å². The highest BCUT2D eigenvalue weighted by Gasteiger charge is 2.31. The lowest BCUT2D eigenvalue weighted by Crippen LogP contribution is -2.32. The summed E-state index contributed by atoms with van der Waals surface area (Å²) < 4.78 is 12.8. The number of carbonyl (C=O) groups excluding carboxylic acids is 1. The molecule has 156 valence electrons. The number of nitrogen functional groups attached to an aromatic ring is 1. The third-order valence-electron chi connectivity index (χ3n) is 5.25. The van der Waals surface area contributed by atoms with Gasteiger partial charge in [0.1, 0.15) is 13.2 Å². The fraction of sp³-hybridized carbons (Fsp3) is 0.350. The Labute approximate surface area is 182 Å². The molecular weight excluding hydrogens is 422 g/mol. The minimum atomic E-state index is 0.0475. The molecule has 0 radical (unpaired) electrons. The number of rotatable bonds is 5. The maximum Gasteiger partial charge on any atom is 0.233 e. The van der Waals surface area contributed by atoms with Crippen molar-refractivity contribution in [2.75, 3.05) is 31.4 Å². The van der Waals surface area contributed by atoms with Crippen LogP contribution < -0.4 is 15.3 Å². The lowest BCUT2D eigenvalue weighted by Gasteiger charge is -2.26. The first-order valence-electron chi connectivity index (χ1n) is 9.77. The van der Waals surface area contributed by atoms with E-state index in [2.05, 4.69) is 10.2 Å². The van der Waals surface area contributed by atoms with Crippen LogP contribution in [0.4, 0.5) is 0 Å². The lowest BCUT2D eigenvalue weighted by molar-refractivity contribution is -0.129. The SMILES string of the molecule is Nn1c(SCC(=O)N2CCC[C@@H]2c2ccc3c(c2)OCCO3)nnc1-c1cccs1. The number of thiophene rings is 1. The van der Waals surface area contributed by atoms with E-state index in [-0.39, 0.29) is 17.7 Å². The summed E-state index contributed by atoms with van der Waals surface area (Å²) in [5.74, 6) is 8.60. The van der Waals surface area contributed by atoms with Crippen LogP contribution in [0.15, 0.2) is 40.9 Å². The van der Waals surface area contributed by atoms with Crippen LogP contribution in [-0.2, 0) is 4.79 Å². The second-order valence-electron chi connectivity index (χ2n) is 7.09. The van der Waals surface area contributed by atoms with Crippen LogP contribution in [0.3, 0.4) is 0 Å². The molecule has 2 aliphatic rings. The minimum Gasteiger partial charge on any atom is -0.486 e. The van der Waals surface area contributed by atoms with Crippen LogP contribution in [0.25, 0.3) is 10.7 Å².